The van der Waals surface area contributed by atoms with Crippen LogP contribution in [0.3, 0.4) is 0 Å². The highest BCUT2D eigenvalue weighted by molar-refractivity contribution is 5.96. The third kappa shape index (κ3) is 8.09. The lowest BCUT2D eigenvalue weighted by molar-refractivity contribution is 0.0488. The largest absolute Gasteiger partial charge is 0.462 e. The van der Waals surface area contributed by atoms with Crippen molar-refractivity contribution in [3.63, 3.8) is 0 Å². The SMILES string of the molecule is O=C(OCCCCCCCCCCCCOC(=O)c1ccc2oc3ccccc3c(=O)c2c1)c1ccc2c(c1)Cc1ccccc1O2. The van der Waals surface area contributed by atoms with E-state index in [1.54, 1.807) is 42.5 Å². The van der Waals surface area contributed by atoms with Gasteiger partial charge in [-0.15, -0.1) is 0 Å². The zero-order valence-electron chi connectivity index (χ0n) is 26.6. The molecule has 0 fully saturated rings. The number of unbranched alkanes of at least 4 members (excludes halogenated alkanes) is 9. The minimum absolute atomic E-state index is 0.151. The Balaban J connectivity index is 0.783. The van der Waals surface area contributed by atoms with E-state index in [4.69, 9.17) is 18.6 Å². The van der Waals surface area contributed by atoms with E-state index in [-0.39, 0.29) is 11.4 Å². The van der Waals surface area contributed by atoms with Crippen LogP contribution in [0.5, 0.6) is 11.5 Å². The molecule has 6 rings (SSSR count). The van der Waals surface area contributed by atoms with Crippen LogP contribution in [-0.2, 0) is 15.9 Å². The zero-order chi connectivity index (χ0) is 32.4. The molecule has 0 aliphatic carbocycles. The summed E-state index contributed by atoms with van der Waals surface area (Å²) in [5.74, 6) is 0.970. The van der Waals surface area contributed by atoms with Crippen LogP contribution in [-0.4, -0.2) is 25.2 Å². The van der Waals surface area contributed by atoms with Crippen LogP contribution in [0, 0.1) is 0 Å². The first-order valence-electron chi connectivity index (χ1n) is 16.8. The van der Waals surface area contributed by atoms with E-state index in [9.17, 15) is 14.4 Å². The van der Waals surface area contributed by atoms with Crippen molar-refractivity contribution in [1.82, 2.24) is 0 Å². The average molecular weight is 633 g/mol. The maximum Gasteiger partial charge on any atom is 0.338 e. The zero-order valence-corrected chi connectivity index (χ0v) is 26.6. The fourth-order valence-electron chi connectivity index (χ4n) is 6.06. The van der Waals surface area contributed by atoms with Gasteiger partial charge in [-0.2, -0.15) is 0 Å². The van der Waals surface area contributed by atoms with Crippen molar-refractivity contribution in [2.75, 3.05) is 13.2 Å². The fraction of sp³-hybridized carbons (Fsp3) is 0.325. The summed E-state index contributed by atoms with van der Waals surface area (Å²) in [5, 5.41) is 0.875. The van der Waals surface area contributed by atoms with E-state index < -0.39 is 5.97 Å². The Kier molecular flexibility index (Phi) is 10.6. The molecule has 4 aromatic carbocycles. The molecule has 1 aromatic heterocycles. The molecule has 7 nitrogen and oxygen atoms in total. The lowest BCUT2D eigenvalue weighted by Gasteiger charge is -2.20. The number of para-hydroxylation sites is 2. The molecule has 2 heterocycles. The normalized spacial score (nSPS) is 11.9. The number of carbonyl (C=O) groups is 2. The van der Waals surface area contributed by atoms with Crippen molar-refractivity contribution < 1.29 is 28.2 Å². The maximum absolute atomic E-state index is 12.8. The minimum atomic E-state index is -0.422. The first-order chi connectivity index (χ1) is 23.1. The summed E-state index contributed by atoms with van der Waals surface area (Å²) in [6, 6.07) is 25.4. The molecule has 7 heteroatoms. The molecule has 0 bridgehead atoms. The molecule has 0 N–H and O–H groups in total. The monoisotopic (exact) mass is 632 g/mol. The lowest BCUT2D eigenvalue weighted by Crippen LogP contribution is -2.09. The van der Waals surface area contributed by atoms with Crippen molar-refractivity contribution in [2.24, 2.45) is 0 Å². The van der Waals surface area contributed by atoms with E-state index in [2.05, 4.69) is 0 Å². The van der Waals surface area contributed by atoms with Crippen molar-refractivity contribution in [3.8, 4) is 11.5 Å². The Morgan fingerprint density at radius 1 is 0.553 bits per heavy atom. The topological polar surface area (TPSA) is 92.0 Å². The van der Waals surface area contributed by atoms with Crippen molar-refractivity contribution >= 4 is 33.9 Å². The van der Waals surface area contributed by atoms with Crippen molar-refractivity contribution in [2.45, 2.75) is 70.6 Å². The molecule has 242 valence electrons. The molecule has 5 aromatic rings. The Bertz CT molecular complexity index is 1920. The van der Waals surface area contributed by atoms with Gasteiger partial charge in [-0.25, -0.2) is 9.59 Å². The van der Waals surface area contributed by atoms with E-state index in [1.165, 1.54) is 19.3 Å². The molecule has 1 aliphatic rings. The molecular formula is C40H40O7. The van der Waals surface area contributed by atoms with Crippen LogP contribution < -0.4 is 10.2 Å². The second-order valence-corrected chi connectivity index (χ2v) is 12.2. The quantitative estimate of drug-likeness (QED) is 0.0632. The van der Waals surface area contributed by atoms with Gasteiger partial charge in [-0.3, -0.25) is 4.79 Å². The van der Waals surface area contributed by atoms with Gasteiger partial charge in [0, 0.05) is 12.0 Å². The predicted octanol–water partition coefficient (Wildman–Crippen LogP) is 9.56. The third-order valence-electron chi connectivity index (χ3n) is 8.69. The summed E-state index contributed by atoms with van der Waals surface area (Å²) < 4.78 is 22.8. The summed E-state index contributed by atoms with van der Waals surface area (Å²) >= 11 is 0. The Morgan fingerprint density at radius 2 is 1.11 bits per heavy atom. The fourth-order valence-corrected chi connectivity index (χ4v) is 6.06. The van der Waals surface area contributed by atoms with Gasteiger partial charge in [0.05, 0.1) is 35.1 Å². The van der Waals surface area contributed by atoms with Crippen molar-refractivity contribution in [3.05, 3.63) is 117 Å². The number of hydrogen-bond donors (Lipinski definition) is 0. The summed E-state index contributed by atoms with van der Waals surface area (Å²) in [6.07, 6.45) is 11.5. The van der Waals surface area contributed by atoms with Gasteiger partial charge in [0.15, 0.2) is 0 Å². The third-order valence-corrected chi connectivity index (χ3v) is 8.69. The summed E-state index contributed by atoms with van der Waals surface area (Å²) in [5.41, 5.74) is 3.88. The predicted molar refractivity (Wildman–Crippen MR) is 182 cm³/mol. The second-order valence-electron chi connectivity index (χ2n) is 12.2. The minimum Gasteiger partial charge on any atom is -0.462 e. The van der Waals surface area contributed by atoms with Gasteiger partial charge in [-0.05, 0) is 73.0 Å². The van der Waals surface area contributed by atoms with Crippen LogP contribution in [0.1, 0.15) is 96.1 Å². The highest BCUT2D eigenvalue weighted by Gasteiger charge is 2.19. The molecule has 0 amide bonds. The van der Waals surface area contributed by atoms with Crippen LogP contribution >= 0.6 is 0 Å². The molecule has 0 saturated carbocycles. The summed E-state index contributed by atoms with van der Waals surface area (Å²) in [4.78, 5) is 38.0. The van der Waals surface area contributed by atoms with Gasteiger partial charge < -0.3 is 18.6 Å². The average Bonchev–Trinajstić information content (AvgIpc) is 3.10. The molecule has 0 spiro atoms. The molecule has 0 atom stereocenters. The van der Waals surface area contributed by atoms with E-state index in [1.807, 2.05) is 42.5 Å². The molecule has 47 heavy (non-hydrogen) atoms. The first kappa shape index (κ1) is 32.0. The first-order valence-corrected chi connectivity index (χ1v) is 16.8. The smallest absolute Gasteiger partial charge is 0.338 e. The Hall–Kier alpha value is -4.91. The lowest BCUT2D eigenvalue weighted by atomic mass is 9.98. The standard InChI is InChI=1S/C40H40O7/c41-38-32-16-10-12-18-36(32)47-37-22-20-30(27-33(37)38)40(43)45-24-14-8-6-4-2-1-3-5-7-13-23-44-39(42)29-19-21-35-31(26-29)25-28-15-9-11-17-34(28)46-35/h9-12,15-22,26-27H,1-8,13-14,23-25H2. The highest BCUT2D eigenvalue weighted by Crippen LogP contribution is 2.36. The second kappa shape index (κ2) is 15.6. The number of fused-ring (bicyclic) bond motifs is 4. The Morgan fingerprint density at radius 3 is 1.83 bits per heavy atom. The summed E-state index contributed by atoms with van der Waals surface area (Å²) in [7, 11) is 0. The van der Waals surface area contributed by atoms with Crippen LogP contribution in [0.2, 0.25) is 0 Å². The van der Waals surface area contributed by atoms with E-state index in [0.29, 0.717) is 46.3 Å². The molecule has 0 unspecified atom stereocenters. The number of esters is 2. The van der Waals surface area contributed by atoms with E-state index in [0.717, 1.165) is 74.0 Å². The highest BCUT2D eigenvalue weighted by atomic mass is 16.5. The van der Waals surface area contributed by atoms with Gasteiger partial charge in [-0.1, -0.05) is 81.7 Å². The molecule has 0 saturated heterocycles. The number of benzene rings is 4. The molecule has 0 radical (unpaired) electrons. The van der Waals surface area contributed by atoms with Gasteiger partial charge in [0.1, 0.15) is 22.7 Å². The van der Waals surface area contributed by atoms with Gasteiger partial charge in [0.25, 0.3) is 0 Å². The van der Waals surface area contributed by atoms with Gasteiger partial charge >= 0.3 is 11.9 Å². The van der Waals surface area contributed by atoms with Crippen LogP contribution in [0.4, 0.5) is 0 Å². The molecular weight excluding hydrogens is 592 g/mol. The number of rotatable bonds is 15. The summed E-state index contributed by atoms with van der Waals surface area (Å²) in [6.45, 7) is 0.802. The van der Waals surface area contributed by atoms with Crippen LogP contribution in [0.25, 0.3) is 21.9 Å². The molecule has 1 aliphatic heterocycles. The number of ether oxygens (including phenoxy) is 3. The van der Waals surface area contributed by atoms with Crippen LogP contribution in [0.15, 0.2) is 94.1 Å². The van der Waals surface area contributed by atoms with Crippen molar-refractivity contribution in [1.29, 1.82) is 0 Å². The Labute approximate surface area is 274 Å². The van der Waals surface area contributed by atoms with E-state index >= 15 is 0 Å². The number of hydrogen-bond acceptors (Lipinski definition) is 7. The maximum atomic E-state index is 12.8. The van der Waals surface area contributed by atoms with Gasteiger partial charge in [0.2, 0.25) is 5.43 Å². The number of carbonyl (C=O) groups excluding carboxylic acids is 2.